The van der Waals surface area contributed by atoms with Crippen LogP contribution in [0.25, 0.3) is 11.8 Å². The summed E-state index contributed by atoms with van der Waals surface area (Å²) in [5, 5.41) is 7.00. The van der Waals surface area contributed by atoms with Gasteiger partial charge in [0.15, 0.2) is 0 Å². The van der Waals surface area contributed by atoms with Crippen LogP contribution in [0.4, 0.5) is 0 Å². The third kappa shape index (κ3) is 3.37. The molecule has 1 N–H and O–H groups in total. The Morgan fingerprint density at radius 1 is 1.18 bits per heavy atom. The summed E-state index contributed by atoms with van der Waals surface area (Å²) in [5.74, 6) is 0.615. The molecule has 1 aliphatic rings. The number of hydrogen-bond acceptors (Lipinski definition) is 2. The van der Waals surface area contributed by atoms with Gasteiger partial charge in [0.05, 0.1) is 0 Å². The average Bonchev–Trinajstić information content (AvgIpc) is 3.10. The first kappa shape index (κ1) is 14.8. The summed E-state index contributed by atoms with van der Waals surface area (Å²) in [5.41, 5.74) is 5.04. The highest BCUT2D eigenvalue weighted by atomic mass is 32.1. The SMILES string of the molecule is CC(C)Cc1ccc(C2=CC(=Cc3ccsc3)C(=O)N2)cc1. The van der Waals surface area contributed by atoms with Crippen LogP contribution in [0.15, 0.2) is 52.7 Å². The lowest BCUT2D eigenvalue weighted by atomic mass is 10.0. The molecular formula is C19H19NOS. The highest BCUT2D eigenvalue weighted by Crippen LogP contribution is 2.23. The van der Waals surface area contributed by atoms with Crippen molar-refractivity contribution in [3.05, 3.63) is 69.4 Å². The Kier molecular flexibility index (Phi) is 4.25. The third-order valence-corrected chi connectivity index (χ3v) is 4.29. The Hall–Kier alpha value is -2.13. The molecule has 3 rings (SSSR count). The lowest BCUT2D eigenvalue weighted by molar-refractivity contribution is -0.115. The van der Waals surface area contributed by atoms with Gasteiger partial charge in [-0.3, -0.25) is 4.79 Å². The topological polar surface area (TPSA) is 29.1 Å². The van der Waals surface area contributed by atoms with E-state index in [-0.39, 0.29) is 5.91 Å². The normalized spacial score (nSPS) is 16.2. The molecule has 22 heavy (non-hydrogen) atoms. The Morgan fingerprint density at radius 3 is 2.59 bits per heavy atom. The van der Waals surface area contributed by atoms with Gasteiger partial charge in [-0.05, 0) is 58.0 Å². The van der Waals surface area contributed by atoms with E-state index in [0.29, 0.717) is 11.5 Å². The molecule has 1 aliphatic heterocycles. The molecule has 2 aromatic rings. The molecule has 0 saturated carbocycles. The molecule has 3 heteroatoms. The molecule has 0 unspecified atom stereocenters. The second kappa shape index (κ2) is 6.32. The molecule has 2 heterocycles. The maximum absolute atomic E-state index is 12.1. The third-order valence-electron chi connectivity index (χ3n) is 3.58. The summed E-state index contributed by atoms with van der Waals surface area (Å²) in [7, 11) is 0. The molecular weight excluding hydrogens is 290 g/mol. The van der Waals surface area contributed by atoms with Crippen LogP contribution < -0.4 is 5.32 Å². The van der Waals surface area contributed by atoms with Crippen molar-refractivity contribution in [1.82, 2.24) is 5.32 Å². The van der Waals surface area contributed by atoms with E-state index in [9.17, 15) is 4.79 Å². The van der Waals surface area contributed by atoms with Crippen molar-refractivity contribution in [2.24, 2.45) is 5.92 Å². The van der Waals surface area contributed by atoms with Crippen molar-refractivity contribution in [2.75, 3.05) is 0 Å². The van der Waals surface area contributed by atoms with Crippen molar-refractivity contribution >= 4 is 29.0 Å². The summed E-state index contributed by atoms with van der Waals surface area (Å²) in [6.45, 7) is 4.43. The first-order valence-corrected chi connectivity index (χ1v) is 8.42. The van der Waals surface area contributed by atoms with Crippen LogP contribution in [0.2, 0.25) is 0 Å². The molecule has 2 nitrogen and oxygen atoms in total. The molecule has 0 atom stereocenters. The number of carbonyl (C=O) groups excluding carboxylic acids is 1. The largest absolute Gasteiger partial charge is 0.321 e. The second-order valence-electron chi connectivity index (χ2n) is 5.96. The number of hydrogen-bond donors (Lipinski definition) is 1. The van der Waals surface area contributed by atoms with E-state index in [2.05, 4.69) is 43.4 Å². The number of amides is 1. The summed E-state index contributed by atoms with van der Waals surface area (Å²) in [6, 6.07) is 10.5. The van der Waals surface area contributed by atoms with E-state index in [1.807, 2.05) is 29.0 Å². The lowest BCUT2D eigenvalue weighted by Gasteiger charge is -2.07. The van der Waals surface area contributed by atoms with E-state index < -0.39 is 0 Å². The van der Waals surface area contributed by atoms with Crippen molar-refractivity contribution < 1.29 is 4.79 Å². The minimum Gasteiger partial charge on any atom is -0.321 e. The van der Waals surface area contributed by atoms with Crippen molar-refractivity contribution in [1.29, 1.82) is 0 Å². The van der Waals surface area contributed by atoms with E-state index in [4.69, 9.17) is 0 Å². The standard InChI is InChI=1S/C19H19NOS/c1-13(2)9-14-3-5-16(6-4-14)18-11-17(19(21)20-18)10-15-7-8-22-12-15/h3-8,10-13H,9H2,1-2H3,(H,20,21). The van der Waals surface area contributed by atoms with E-state index in [0.717, 1.165) is 23.2 Å². The summed E-state index contributed by atoms with van der Waals surface area (Å²) >= 11 is 1.63. The molecule has 1 aromatic heterocycles. The molecule has 0 spiro atoms. The van der Waals surface area contributed by atoms with Crippen molar-refractivity contribution in [3.63, 3.8) is 0 Å². The maximum atomic E-state index is 12.1. The predicted octanol–water partition coefficient (Wildman–Crippen LogP) is 4.50. The molecule has 112 valence electrons. The fraction of sp³-hybridized carbons (Fsp3) is 0.211. The van der Waals surface area contributed by atoms with Crippen LogP contribution in [0, 0.1) is 5.92 Å². The van der Waals surface area contributed by atoms with Gasteiger partial charge in [0, 0.05) is 11.3 Å². The van der Waals surface area contributed by atoms with Gasteiger partial charge in [-0.15, -0.1) is 0 Å². The fourth-order valence-corrected chi connectivity index (χ4v) is 3.16. The summed E-state index contributed by atoms with van der Waals surface area (Å²) in [6.07, 6.45) is 4.93. The second-order valence-corrected chi connectivity index (χ2v) is 6.74. The minimum atomic E-state index is -0.0348. The van der Waals surface area contributed by atoms with E-state index >= 15 is 0 Å². The van der Waals surface area contributed by atoms with Gasteiger partial charge in [0.1, 0.15) is 0 Å². The van der Waals surface area contributed by atoms with Gasteiger partial charge in [-0.1, -0.05) is 38.1 Å². The first-order valence-electron chi connectivity index (χ1n) is 7.48. The van der Waals surface area contributed by atoms with Gasteiger partial charge in [0.25, 0.3) is 5.91 Å². The van der Waals surface area contributed by atoms with E-state index in [1.54, 1.807) is 11.3 Å². The monoisotopic (exact) mass is 309 g/mol. The summed E-state index contributed by atoms with van der Waals surface area (Å²) in [4.78, 5) is 12.1. The Morgan fingerprint density at radius 2 is 1.95 bits per heavy atom. The number of rotatable bonds is 4. The van der Waals surface area contributed by atoms with Crippen LogP contribution in [-0.2, 0) is 11.2 Å². The molecule has 0 fully saturated rings. The zero-order valence-corrected chi connectivity index (χ0v) is 13.6. The van der Waals surface area contributed by atoms with Crippen LogP contribution in [0.1, 0.15) is 30.5 Å². The number of benzene rings is 1. The maximum Gasteiger partial charge on any atom is 0.255 e. The molecule has 1 aromatic carbocycles. The number of nitrogens with one attached hydrogen (secondary N) is 1. The van der Waals surface area contributed by atoms with Gasteiger partial charge in [0.2, 0.25) is 0 Å². The van der Waals surface area contributed by atoms with E-state index in [1.165, 1.54) is 5.56 Å². The van der Waals surface area contributed by atoms with Crippen LogP contribution >= 0.6 is 11.3 Å². The molecule has 0 radical (unpaired) electrons. The van der Waals surface area contributed by atoms with Gasteiger partial charge in [-0.2, -0.15) is 11.3 Å². The Balaban J connectivity index is 1.82. The zero-order valence-electron chi connectivity index (χ0n) is 12.8. The Bertz CT molecular complexity index is 721. The van der Waals surface area contributed by atoms with Gasteiger partial charge < -0.3 is 5.32 Å². The van der Waals surface area contributed by atoms with Crippen LogP contribution in [-0.4, -0.2) is 5.91 Å². The average molecular weight is 309 g/mol. The minimum absolute atomic E-state index is 0.0348. The highest BCUT2D eigenvalue weighted by Gasteiger charge is 2.18. The molecule has 0 aliphatic carbocycles. The fourth-order valence-electron chi connectivity index (χ4n) is 2.54. The quantitative estimate of drug-likeness (QED) is 0.828. The van der Waals surface area contributed by atoms with Gasteiger partial charge in [-0.25, -0.2) is 0 Å². The lowest BCUT2D eigenvalue weighted by Crippen LogP contribution is -2.15. The first-order chi connectivity index (χ1) is 10.6. The van der Waals surface area contributed by atoms with Crippen molar-refractivity contribution in [3.8, 4) is 0 Å². The number of thiophene rings is 1. The van der Waals surface area contributed by atoms with Crippen LogP contribution in [0.5, 0.6) is 0 Å². The Labute approximate surface area is 135 Å². The number of carbonyl (C=O) groups is 1. The smallest absolute Gasteiger partial charge is 0.255 e. The van der Waals surface area contributed by atoms with Crippen molar-refractivity contribution in [2.45, 2.75) is 20.3 Å². The molecule has 0 bridgehead atoms. The zero-order chi connectivity index (χ0) is 15.5. The summed E-state index contributed by atoms with van der Waals surface area (Å²) < 4.78 is 0. The highest BCUT2D eigenvalue weighted by molar-refractivity contribution is 7.08. The van der Waals surface area contributed by atoms with Gasteiger partial charge >= 0.3 is 0 Å². The molecule has 0 saturated heterocycles. The molecule has 1 amide bonds. The van der Waals surface area contributed by atoms with Crippen LogP contribution in [0.3, 0.4) is 0 Å². The predicted molar refractivity (Wildman–Crippen MR) is 93.4 cm³/mol.